The number of hydrogen-bond acceptors (Lipinski definition) is 4. The molecule has 1 amide bonds. The molecule has 0 spiro atoms. The Bertz CT molecular complexity index is 1150. The molecular formula is C28H30N4OS. The third kappa shape index (κ3) is 7.06. The maximum atomic E-state index is 12.1. The molecule has 0 atom stereocenters. The van der Waals surface area contributed by atoms with Gasteiger partial charge in [0.1, 0.15) is 5.82 Å². The zero-order valence-electron chi connectivity index (χ0n) is 19.3. The Morgan fingerprint density at radius 1 is 0.794 bits per heavy atom. The van der Waals surface area contributed by atoms with Crippen molar-refractivity contribution < 1.29 is 4.79 Å². The van der Waals surface area contributed by atoms with Crippen LogP contribution in [0.5, 0.6) is 0 Å². The fourth-order valence-corrected chi connectivity index (χ4v) is 4.72. The zero-order chi connectivity index (χ0) is 23.4. The molecule has 0 aliphatic heterocycles. The lowest BCUT2D eigenvalue weighted by atomic mass is 10.1. The number of hydrogen-bond donors (Lipinski definition) is 1. The van der Waals surface area contributed by atoms with E-state index < -0.39 is 0 Å². The maximum absolute atomic E-state index is 12.1. The maximum Gasteiger partial charge on any atom is 0.220 e. The van der Waals surface area contributed by atoms with Crippen LogP contribution in [0.3, 0.4) is 0 Å². The van der Waals surface area contributed by atoms with Crippen molar-refractivity contribution in [3.05, 3.63) is 108 Å². The molecule has 0 saturated heterocycles. The molecule has 0 unspecified atom stereocenters. The number of rotatable bonds is 12. The van der Waals surface area contributed by atoms with E-state index in [0.29, 0.717) is 13.0 Å². The van der Waals surface area contributed by atoms with Crippen molar-refractivity contribution in [2.45, 2.75) is 37.3 Å². The van der Waals surface area contributed by atoms with Crippen molar-refractivity contribution in [1.29, 1.82) is 0 Å². The first-order valence-corrected chi connectivity index (χ1v) is 12.8. The molecule has 34 heavy (non-hydrogen) atoms. The van der Waals surface area contributed by atoms with Crippen LogP contribution in [0.2, 0.25) is 0 Å². The average Bonchev–Trinajstić information content (AvgIpc) is 3.27. The molecule has 3 aromatic carbocycles. The summed E-state index contributed by atoms with van der Waals surface area (Å²) in [7, 11) is 0. The monoisotopic (exact) mass is 470 g/mol. The summed E-state index contributed by atoms with van der Waals surface area (Å²) in [5.41, 5.74) is 3.52. The molecule has 174 valence electrons. The highest BCUT2D eigenvalue weighted by molar-refractivity contribution is 7.99. The molecule has 0 saturated carbocycles. The van der Waals surface area contributed by atoms with E-state index >= 15 is 0 Å². The highest BCUT2D eigenvalue weighted by atomic mass is 32.2. The number of nitrogens with one attached hydrogen (secondary N) is 1. The number of thioether (sulfide) groups is 1. The number of carbonyl (C=O) groups excluding carboxylic acids is 1. The van der Waals surface area contributed by atoms with E-state index in [1.54, 1.807) is 11.8 Å². The summed E-state index contributed by atoms with van der Waals surface area (Å²) in [6.45, 7) is 0.683. The molecule has 1 heterocycles. The second-order valence-electron chi connectivity index (χ2n) is 8.12. The molecule has 1 aromatic heterocycles. The van der Waals surface area contributed by atoms with Gasteiger partial charge >= 0.3 is 0 Å². The quantitative estimate of drug-likeness (QED) is 0.220. The fourth-order valence-electron chi connectivity index (χ4n) is 3.75. The van der Waals surface area contributed by atoms with Gasteiger partial charge in [0.15, 0.2) is 5.16 Å². The van der Waals surface area contributed by atoms with Crippen LogP contribution in [0.4, 0.5) is 0 Å². The highest BCUT2D eigenvalue weighted by Crippen LogP contribution is 2.24. The molecule has 1 N–H and O–H groups in total. The molecular weight excluding hydrogens is 440 g/mol. The Hall–Kier alpha value is -3.38. The predicted molar refractivity (Wildman–Crippen MR) is 138 cm³/mol. The molecule has 0 aliphatic carbocycles. The van der Waals surface area contributed by atoms with E-state index in [1.807, 2.05) is 54.6 Å². The van der Waals surface area contributed by atoms with Gasteiger partial charge in [0.05, 0.1) is 0 Å². The lowest BCUT2D eigenvalue weighted by molar-refractivity contribution is -0.121. The first kappa shape index (κ1) is 23.8. The van der Waals surface area contributed by atoms with Crippen LogP contribution in [0.15, 0.2) is 96.2 Å². The topological polar surface area (TPSA) is 59.8 Å². The first-order valence-electron chi connectivity index (χ1n) is 11.8. The number of benzene rings is 3. The molecule has 0 aliphatic rings. The minimum Gasteiger partial charge on any atom is -0.356 e. The van der Waals surface area contributed by atoms with Crippen molar-refractivity contribution in [3.8, 4) is 5.69 Å². The Kier molecular flexibility index (Phi) is 8.91. The summed E-state index contributed by atoms with van der Waals surface area (Å²) in [6, 6.07) is 30.8. The number of aromatic nitrogens is 3. The van der Waals surface area contributed by atoms with Gasteiger partial charge in [0, 0.05) is 30.8 Å². The smallest absolute Gasteiger partial charge is 0.220 e. The van der Waals surface area contributed by atoms with Crippen molar-refractivity contribution >= 4 is 17.7 Å². The third-order valence-corrected chi connectivity index (χ3v) is 6.54. The summed E-state index contributed by atoms with van der Waals surface area (Å²) >= 11 is 1.70. The SMILES string of the molecule is O=C(CCCCSc1nnc(Cc2ccccc2)n1-c1ccccc1)NCCc1ccccc1. The predicted octanol–water partition coefficient (Wildman–Crippen LogP) is 5.48. The number of para-hydroxylation sites is 1. The second kappa shape index (κ2) is 12.8. The summed E-state index contributed by atoms with van der Waals surface area (Å²) < 4.78 is 2.15. The van der Waals surface area contributed by atoms with E-state index in [9.17, 15) is 4.79 Å². The van der Waals surface area contributed by atoms with Gasteiger partial charge in [-0.3, -0.25) is 9.36 Å². The van der Waals surface area contributed by atoms with Crippen molar-refractivity contribution in [2.24, 2.45) is 0 Å². The number of unbranched alkanes of at least 4 members (excludes halogenated alkanes) is 1. The molecule has 0 radical (unpaired) electrons. The molecule has 5 nitrogen and oxygen atoms in total. The second-order valence-corrected chi connectivity index (χ2v) is 9.19. The van der Waals surface area contributed by atoms with Crippen molar-refractivity contribution in [2.75, 3.05) is 12.3 Å². The van der Waals surface area contributed by atoms with Crippen molar-refractivity contribution in [1.82, 2.24) is 20.1 Å². The molecule has 0 bridgehead atoms. The van der Waals surface area contributed by atoms with E-state index in [1.165, 1.54) is 11.1 Å². The number of nitrogens with zero attached hydrogens (tertiary/aromatic N) is 3. The van der Waals surface area contributed by atoms with Gasteiger partial charge in [-0.05, 0) is 42.5 Å². The number of amides is 1. The fraction of sp³-hybridized carbons (Fsp3) is 0.250. The third-order valence-electron chi connectivity index (χ3n) is 5.53. The Morgan fingerprint density at radius 2 is 1.44 bits per heavy atom. The standard InChI is InChI=1S/C28H30N4OS/c33-27(29-20-19-23-12-4-1-5-13-23)18-10-11-21-34-28-31-30-26(22-24-14-6-2-7-15-24)32(28)25-16-8-3-9-17-25/h1-9,12-17H,10-11,18-22H2,(H,29,33). The van der Waals surface area contributed by atoms with Gasteiger partial charge in [-0.2, -0.15) is 0 Å². The van der Waals surface area contributed by atoms with Gasteiger partial charge in [-0.25, -0.2) is 0 Å². The summed E-state index contributed by atoms with van der Waals surface area (Å²) in [5, 5.41) is 12.9. The minimum absolute atomic E-state index is 0.124. The van der Waals surface area contributed by atoms with Crippen LogP contribution in [0.25, 0.3) is 5.69 Å². The Morgan fingerprint density at radius 3 is 2.15 bits per heavy atom. The summed E-state index contributed by atoms with van der Waals surface area (Å²) in [6.07, 6.45) is 3.96. The van der Waals surface area contributed by atoms with Gasteiger partial charge in [-0.15, -0.1) is 10.2 Å². The van der Waals surface area contributed by atoms with Gasteiger partial charge in [-0.1, -0.05) is 90.6 Å². The van der Waals surface area contributed by atoms with E-state index in [0.717, 1.165) is 48.1 Å². The molecule has 4 aromatic rings. The van der Waals surface area contributed by atoms with E-state index in [2.05, 4.69) is 56.5 Å². The Balaban J connectivity index is 1.26. The lowest BCUT2D eigenvalue weighted by Gasteiger charge is -2.10. The number of carbonyl (C=O) groups is 1. The largest absolute Gasteiger partial charge is 0.356 e. The van der Waals surface area contributed by atoms with Crippen LogP contribution in [-0.2, 0) is 17.6 Å². The summed E-state index contributed by atoms with van der Waals surface area (Å²) in [4.78, 5) is 12.1. The van der Waals surface area contributed by atoms with Gasteiger partial charge < -0.3 is 5.32 Å². The summed E-state index contributed by atoms with van der Waals surface area (Å²) in [5.74, 6) is 1.95. The normalized spacial score (nSPS) is 10.8. The minimum atomic E-state index is 0.124. The van der Waals surface area contributed by atoms with Crippen LogP contribution < -0.4 is 5.32 Å². The zero-order valence-corrected chi connectivity index (χ0v) is 20.1. The van der Waals surface area contributed by atoms with Gasteiger partial charge in [0.2, 0.25) is 5.91 Å². The van der Waals surface area contributed by atoms with Crippen molar-refractivity contribution in [3.63, 3.8) is 0 Å². The van der Waals surface area contributed by atoms with Crippen LogP contribution >= 0.6 is 11.8 Å². The average molecular weight is 471 g/mol. The first-order chi connectivity index (χ1) is 16.8. The van der Waals surface area contributed by atoms with E-state index in [-0.39, 0.29) is 5.91 Å². The van der Waals surface area contributed by atoms with Crippen LogP contribution in [-0.4, -0.2) is 33.0 Å². The molecule has 0 fully saturated rings. The Labute approximate surface area is 205 Å². The molecule has 4 rings (SSSR count). The highest BCUT2D eigenvalue weighted by Gasteiger charge is 2.15. The van der Waals surface area contributed by atoms with Crippen LogP contribution in [0, 0.1) is 0 Å². The van der Waals surface area contributed by atoms with Gasteiger partial charge in [0.25, 0.3) is 0 Å². The van der Waals surface area contributed by atoms with E-state index in [4.69, 9.17) is 0 Å². The molecule has 6 heteroatoms. The lowest BCUT2D eigenvalue weighted by Crippen LogP contribution is -2.25. The van der Waals surface area contributed by atoms with Crippen LogP contribution in [0.1, 0.15) is 36.2 Å².